The molecule has 2 N–H and O–H groups in total. The van der Waals surface area contributed by atoms with Gasteiger partial charge >= 0.3 is 0 Å². The molecule has 0 aliphatic carbocycles. The molecular weight excluding hydrogens is 282 g/mol. The topological polar surface area (TPSA) is 69.3 Å². The zero-order valence-electron chi connectivity index (χ0n) is 12.0. The van der Waals surface area contributed by atoms with Crippen LogP contribution in [0.1, 0.15) is 11.7 Å². The summed E-state index contributed by atoms with van der Waals surface area (Å²) in [6.07, 6.45) is 1.34. The molecule has 1 unspecified atom stereocenters. The molecule has 0 fully saturated rings. The molecule has 0 amide bonds. The van der Waals surface area contributed by atoms with Gasteiger partial charge in [-0.3, -0.25) is 0 Å². The van der Waals surface area contributed by atoms with Gasteiger partial charge in [0.1, 0.15) is 11.9 Å². The number of methoxy groups -OCH3 is 1. The number of para-hydroxylation sites is 1. The highest BCUT2D eigenvalue weighted by Gasteiger charge is 2.28. The van der Waals surface area contributed by atoms with Gasteiger partial charge < -0.3 is 24.8 Å². The summed E-state index contributed by atoms with van der Waals surface area (Å²) < 4.78 is 16.2. The Balaban J connectivity index is 1.78. The van der Waals surface area contributed by atoms with Crippen molar-refractivity contribution < 1.29 is 14.2 Å². The number of fused-ring (bicyclic) bond motifs is 2. The lowest BCUT2D eigenvalue weighted by Gasteiger charge is -2.31. The zero-order chi connectivity index (χ0) is 15.1. The van der Waals surface area contributed by atoms with Crippen LogP contribution in [0.25, 0.3) is 0 Å². The summed E-state index contributed by atoms with van der Waals surface area (Å²) in [7, 11) is 1.63. The Hall–Kier alpha value is -2.73. The molecule has 1 atom stereocenters. The first-order chi connectivity index (χ1) is 10.8. The highest BCUT2D eigenvalue weighted by atomic mass is 16.7. The molecule has 0 saturated heterocycles. The van der Waals surface area contributed by atoms with Crippen molar-refractivity contribution in [1.82, 2.24) is 0 Å². The molecule has 0 spiro atoms. The largest absolute Gasteiger partial charge is 0.497 e. The van der Waals surface area contributed by atoms with Crippen LogP contribution in [0.2, 0.25) is 0 Å². The van der Waals surface area contributed by atoms with E-state index in [9.17, 15) is 0 Å². The van der Waals surface area contributed by atoms with Gasteiger partial charge in [-0.05, 0) is 30.3 Å². The second-order valence-electron chi connectivity index (χ2n) is 5.03. The molecule has 0 saturated carbocycles. The smallest absolute Gasteiger partial charge is 0.231 e. The predicted molar refractivity (Wildman–Crippen MR) is 83.1 cm³/mol. The van der Waals surface area contributed by atoms with Gasteiger partial charge in [0.2, 0.25) is 6.79 Å². The predicted octanol–water partition coefficient (Wildman–Crippen LogP) is 2.56. The lowest BCUT2D eigenvalue weighted by atomic mass is 10.1. The lowest BCUT2D eigenvalue weighted by molar-refractivity contribution is 0.174. The summed E-state index contributed by atoms with van der Waals surface area (Å²) >= 11 is 0. The van der Waals surface area contributed by atoms with E-state index >= 15 is 0 Å². The van der Waals surface area contributed by atoms with Crippen molar-refractivity contribution in [3.8, 4) is 17.2 Å². The van der Waals surface area contributed by atoms with Crippen LogP contribution in [0.3, 0.4) is 0 Å². The van der Waals surface area contributed by atoms with Gasteiger partial charge in [0.05, 0.1) is 24.8 Å². The maximum atomic E-state index is 6.42. The van der Waals surface area contributed by atoms with Gasteiger partial charge in [-0.25, -0.2) is 4.99 Å². The van der Waals surface area contributed by atoms with E-state index in [2.05, 4.69) is 4.99 Å². The molecule has 0 aromatic heterocycles. The summed E-state index contributed by atoms with van der Waals surface area (Å²) in [6, 6.07) is 11.4. The van der Waals surface area contributed by atoms with Gasteiger partial charge in [0.15, 0.2) is 11.5 Å². The Morgan fingerprint density at radius 2 is 2.18 bits per heavy atom. The minimum Gasteiger partial charge on any atom is -0.497 e. The number of aliphatic imine (C=N–C) groups is 1. The Bertz CT molecular complexity index is 760. The van der Waals surface area contributed by atoms with E-state index in [0.717, 1.165) is 28.4 Å². The standard InChI is InChI=1S/C16H15N3O3/c1-20-10-5-6-12-11(7-10)16(17)19(8-18-12)13-3-2-4-14-15(13)22-9-21-14/h2-8,16H,9,17H2,1H3. The third-order valence-electron chi connectivity index (χ3n) is 3.83. The van der Waals surface area contributed by atoms with Crippen molar-refractivity contribution in [2.45, 2.75) is 6.17 Å². The average Bonchev–Trinajstić information content (AvgIpc) is 3.04. The Morgan fingerprint density at radius 1 is 1.27 bits per heavy atom. The van der Waals surface area contributed by atoms with Crippen LogP contribution in [0.15, 0.2) is 41.4 Å². The molecule has 6 nitrogen and oxygen atoms in total. The molecule has 0 bridgehead atoms. The van der Waals surface area contributed by atoms with E-state index in [1.165, 1.54) is 0 Å². The van der Waals surface area contributed by atoms with Crippen molar-refractivity contribution in [3.05, 3.63) is 42.0 Å². The third kappa shape index (κ3) is 1.88. The van der Waals surface area contributed by atoms with Crippen LogP contribution < -0.4 is 24.8 Å². The number of hydrogen-bond acceptors (Lipinski definition) is 6. The second-order valence-corrected chi connectivity index (χ2v) is 5.03. The van der Waals surface area contributed by atoms with E-state index in [1.807, 2.05) is 41.3 Å². The maximum absolute atomic E-state index is 6.42. The number of nitrogens with zero attached hydrogens (tertiary/aromatic N) is 2. The van der Waals surface area contributed by atoms with E-state index in [0.29, 0.717) is 5.75 Å². The van der Waals surface area contributed by atoms with Crippen LogP contribution in [0.4, 0.5) is 11.4 Å². The summed E-state index contributed by atoms with van der Waals surface area (Å²) in [5.74, 6) is 2.16. The summed E-state index contributed by atoms with van der Waals surface area (Å²) in [5.41, 5.74) is 9.00. The van der Waals surface area contributed by atoms with Gasteiger partial charge in [-0.1, -0.05) is 6.07 Å². The fourth-order valence-corrected chi connectivity index (χ4v) is 2.69. The van der Waals surface area contributed by atoms with Gasteiger partial charge in [-0.15, -0.1) is 0 Å². The van der Waals surface area contributed by atoms with Crippen molar-refractivity contribution in [1.29, 1.82) is 0 Å². The molecule has 112 valence electrons. The number of nitrogens with two attached hydrogens (primary N) is 1. The number of hydrogen-bond donors (Lipinski definition) is 1. The van der Waals surface area contributed by atoms with Crippen LogP contribution >= 0.6 is 0 Å². The van der Waals surface area contributed by atoms with Crippen molar-refractivity contribution >= 4 is 17.7 Å². The van der Waals surface area contributed by atoms with E-state index < -0.39 is 0 Å². The Kier molecular flexibility index (Phi) is 2.90. The SMILES string of the molecule is COc1ccc2c(c1)C(N)N(c1cccc3c1OCO3)C=N2. The molecular formula is C16H15N3O3. The molecule has 2 aromatic carbocycles. The van der Waals surface area contributed by atoms with Crippen LogP contribution in [0, 0.1) is 0 Å². The fourth-order valence-electron chi connectivity index (χ4n) is 2.69. The van der Waals surface area contributed by atoms with E-state index in [-0.39, 0.29) is 13.0 Å². The molecule has 0 radical (unpaired) electrons. The molecule has 22 heavy (non-hydrogen) atoms. The maximum Gasteiger partial charge on any atom is 0.231 e. The number of benzene rings is 2. The molecule has 2 aliphatic rings. The highest BCUT2D eigenvalue weighted by Crippen LogP contribution is 2.44. The monoisotopic (exact) mass is 297 g/mol. The van der Waals surface area contributed by atoms with Crippen molar-refractivity contribution in [2.24, 2.45) is 10.7 Å². The van der Waals surface area contributed by atoms with Crippen molar-refractivity contribution in [3.63, 3.8) is 0 Å². The van der Waals surface area contributed by atoms with Gasteiger partial charge in [-0.2, -0.15) is 0 Å². The lowest BCUT2D eigenvalue weighted by Crippen LogP contribution is -2.35. The first kappa shape index (κ1) is 13.0. The normalized spacial score (nSPS) is 18.3. The Morgan fingerprint density at radius 3 is 3.05 bits per heavy atom. The Labute approximate surface area is 127 Å². The molecule has 2 aromatic rings. The van der Waals surface area contributed by atoms with Gasteiger partial charge in [0, 0.05) is 5.56 Å². The van der Waals surface area contributed by atoms with E-state index in [1.54, 1.807) is 13.4 Å². The van der Waals surface area contributed by atoms with Crippen LogP contribution in [-0.4, -0.2) is 20.2 Å². The molecule has 2 aliphatic heterocycles. The quantitative estimate of drug-likeness (QED) is 0.922. The summed E-state index contributed by atoms with van der Waals surface area (Å²) in [5, 5.41) is 0. The second kappa shape index (κ2) is 4.92. The summed E-state index contributed by atoms with van der Waals surface area (Å²) in [6.45, 7) is 0.219. The molecule has 6 heteroatoms. The third-order valence-corrected chi connectivity index (χ3v) is 3.83. The first-order valence-corrected chi connectivity index (χ1v) is 6.92. The van der Waals surface area contributed by atoms with Gasteiger partial charge in [0.25, 0.3) is 0 Å². The fraction of sp³-hybridized carbons (Fsp3) is 0.188. The number of rotatable bonds is 2. The molecule has 4 rings (SSSR count). The van der Waals surface area contributed by atoms with Crippen LogP contribution in [-0.2, 0) is 0 Å². The highest BCUT2D eigenvalue weighted by molar-refractivity contribution is 5.88. The first-order valence-electron chi connectivity index (χ1n) is 6.92. The van der Waals surface area contributed by atoms with Crippen LogP contribution in [0.5, 0.6) is 17.2 Å². The minimum absolute atomic E-state index is 0.219. The zero-order valence-corrected chi connectivity index (χ0v) is 12.0. The number of ether oxygens (including phenoxy) is 3. The van der Waals surface area contributed by atoms with Crippen molar-refractivity contribution in [2.75, 3.05) is 18.8 Å². The minimum atomic E-state index is -0.377. The molecule has 2 heterocycles. The summed E-state index contributed by atoms with van der Waals surface area (Å²) in [4.78, 5) is 6.34. The number of anilines is 1. The average molecular weight is 297 g/mol. The van der Waals surface area contributed by atoms with E-state index in [4.69, 9.17) is 19.9 Å².